The molecule has 28 heavy (non-hydrogen) atoms. The van der Waals surface area contributed by atoms with E-state index in [-0.39, 0.29) is 23.5 Å². The number of amides is 3. The van der Waals surface area contributed by atoms with Crippen molar-refractivity contribution in [3.8, 4) is 0 Å². The van der Waals surface area contributed by atoms with Crippen LogP contribution in [0.5, 0.6) is 0 Å². The van der Waals surface area contributed by atoms with Crippen molar-refractivity contribution in [3.63, 3.8) is 0 Å². The topological polar surface area (TPSA) is 79.6 Å². The molecule has 6 nitrogen and oxygen atoms in total. The highest BCUT2D eigenvalue weighted by atomic mass is 16.3. The number of aryl methyl sites for hydroxylation is 3. The Kier molecular flexibility index (Phi) is 4.11. The summed E-state index contributed by atoms with van der Waals surface area (Å²) in [7, 11) is 0. The minimum Gasteiger partial charge on any atom is -0.459 e. The van der Waals surface area contributed by atoms with Gasteiger partial charge in [-0.05, 0) is 62.2 Å². The first kappa shape index (κ1) is 17.7. The minimum atomic E-state index is -0.349. The van der Waals surface area contributed by atoms with E-state index < -0.39 is 0 Å². The summed E-state index contributed by atoms with van der Waals surface area (Å²) in [6.45, 7) is 5.40. The number of hydrogen-bond donors (Lipinski definition) is 1. The Bertz CT molecular complexity index is 1110. The minimum absolute atomic E-state index is 0.251. The van der Waals surface area contributed by atoms with Crippen molar-refractivity contribution in [1.82, 2.24) is 0 Å². The molecule has 140 valence electrons. The second-order valence-electron chi connectivity index (χ2n) is 6.83. The molecule has 0 radical (unpaired) electrons. The van der Waals surface area contributed by atoms with Gasteiger partial charge in [-0.15, -0.1) is 0 Å². The summed E-state index contributed by atoms with van der Waals surface area (Å²) in [5.41, 5.74) is 4.08. The van der Waals surface area contributed by atoms with Crippen LogP contribution in [0, 0.1) is 20.8 Å². The molecule has 0 saturated carbocycles. The number of rotatable bonds is 3. The van der Waals surface area contributed by atoms with Crippen LogP contribution in [0.2, 0.25) is 0 Å². The number of nitrogens with zero attached hydrogens (tertiary/aromatic N) is 1. The van der Waals surface area contributed by atoms with Crippen LogP contribution >= 0.6 is 0 Å². The number of carbonyl (C=O) groups excluding carboxylic acids is 3. The standard InChI is InChI=1S/C22H18N2O4/c1-12-8-9-28-19(12)20(25)23-17-10-14(3)18(11-13(17)2)24-21(26)15-6-4-5-7-16(15)22(24)27/h4-11H,1-3H3,(H,23,25). The Morgan fingerprint density at radius 2 is 1.54 bits per heavy atom. The lowest BCUT2D eigenvalue weighted by molar-refractivity contribution is 0.0924. The van der Waals surface area contributed by atoms with E-state index in [9.17, 15) is 14.4 Å². The largest absolute Gasteiger partial charge is 0.459 e. The Morgan fingerprint density at radius 3 is 2.11 bits per heavy atom. The second-order valence-corrected chi connectivity index (χ2v) is 6.83. The highest BCUT2D eigenvalue weighted by molar-refractivity contribution is 6.34. The van der Waals surface area contributed by atoms with Gasteiger partial charge >= 0.3 is 0 Å². The Morgan fingerprint density at radius 1 is 0.893 bits per heavy atom. The quantitative estimate of drug-likeness (QED) is 0.695. The third-order valence-corrected chi connectivity index (χ3v) is 4.89. The molecule has 2 heterocycles. The van der Waals surface area contributed by atoms with E-state index in [4.69, 9.17) is 4.42 Å². The van der Waals surface area contributed by atoms with Crippen molar-refractivity contribution < 1.29 is 18.8 Å². The van der Waals surface area contributed by atoms with Gasteiger partial charge in [-0.3, -0.25) is 14.4 Å². The zero-order valence-corrected chi connectivity index (χ0v) is 15.7. The number of imide groups is 1. The van der Waals surface area contributed by atoms with Crippen molar-refractivity contribution in [2.45, 2.75) is 20.8 Å². The maximum atomic E-state index is 12.7. The molecular weight excluding hydrogens is 356 g/mol. The summed E-state index contributed by atoms with van der Waals surface area (Å²) in [6, 6.07) is 12.0. The van der Waals surface area contributed by atoms with E-state index in [1.54, 1.807) is 56.3 Å². The molecule has 0 fully saturated rings. The number of carbonyl (C=O) groups is 3. The third-order valence-electron chi connectivity index (χ3n) is 4.89. The fourth-order valence-corrected chi connectivity index (χ4v) is 3.37. The Hall–Kier alpha value is -3.67. The van der Waals surface area contributed by atoms with Gasteiger partial charge < -0.3 is 9.73 Å². The number of fused-ring (bicyclic) bond motifs is 1. The maximum Gasteiger partial charge on any atom is 0.291 e. The number of benzene rings is 2. The molecule has 6 heteroatoms. The van der Waals surface area contributed by atoms with Crippen molar-refractivity contribution in [1.29, 1.82) is 0 Å². The van der Waals surface area contributed by atoms with Gasteiger partial charge in [0, 0.05) is 11.3 Å². The molecule has 2 aromatic carbocycles. The normalized spacial score (nSPS) is 13.0. The maximum absolute atomic E-state index is 12.7. The lowest BCUT2D eigenvalue weighted by Gasteiger charge is -2.19. The molecule has 3 amide bonds. The van der Waals surface area contributed by atoms with Gasteiger partial charge in [0.2, 0.25) is 0 Å². The molecular formula is C22H18N2O4. The molecule has 0 spiro atoms. The molecule has 0 aliphatic carbocycles. The molecule has 0 saturated heterocycles. The summed E-state index contributed by atoms with van der Waals surface area (Å²) in [6.07, 6.45) is 1.47. The van der Waals surface area contributed by atoms with Crippen LogP contribution in [0.3, 0.4) is 0 Å². The lowest BCUT2D eigenvalue weighted by atomic mass is 10.1. The zero-order valence-electron chi connectivity index (χ0n) is 15.7. The fourth-order valence-electron chi connectivity index (χ4n) is 3.37. The first-order valence-corrected chi connectivity index (χ1v) is 8.83. The van der Waals surface area contributed by atoms with Gasteiger partial charge in [0.05, 0.1) is 23.1 Å². The summed E-state index contributed by atoms with van der Waals surface area (Å²) in [5.74, 6) is -0.780. The second kappa shape index (κ2) is 6.49. The average molecular weight is 374 g/mol. The van der Waals surface area contributed by atoms with Crippen molar-refractivity contribution >= 4 is 29.1 Å². The van der Waals surface area contributed by atoms with E-state index >= 15 is 0 Å². The van der Waals surface area contributed by atoms with Crippen LogP contribution < -0.4 is 10.2 Å². The molecule has 0 atom stereocenters. The molecule has 1 N–H and O–H groups in total. The highest BCUT2D eigenvalue weighted by Crippen LogP contribution is 2.33. The SMILES string of the molecule is Cc1cc(N2C(=O)c3ccccc3C2=O)c(C)cc1NC(=O)c1occc1C. The molecule has 0 bridgehead atoms. The van der Waals surface area contributed by atoms with Gasteiger partial charge in [0.25, 0.3) is 17.7 Å². The molecule has 4 rings (SSSR count). The van der Waals surface area contributed by atoms with Crippen LogP contribution in [0.4, 0.5) is 11.4 Å². The number of nitrogens with one attached hydrogen (secondary N) is 1. The zero-order chi connectivity index (χ0) is 20.0. The summed E-state index contributed by atoms with van der Waals surface area (Å²) in [5, 5.41) is 2.83. The molecule has 1 aliphatic heterocycles. The number of anilines is 2. The van der Waals surface area contributed by atoms with Crippen molar-refractivity contribution in [2.24, 2.45) is 0 Å². The van der Waals surface area contributed by atoms with Gasteiger partial charge in [-0.1, -0.05) is 12.1 Å². The summed E-state index contributed by atoms with van der Waals surface area (Å²) < 4.78 is 5.23. The molecule has 0 unspecified atom stereocenters. The van der Waals surface area contributed by atoms with Crippen LogP contribution in [0.15, 0.2) is 53.1 Å². The van der Waals surface area contributed by atoms with Gasteiger partial charge in [-0.2, -0.15) is 0 Å². The number of hydrogen-bond acceptors (Lipinski definition) is 4. The average Bonchev–Trinajstić information content (AvgIpc) is 3.20. The van der Waals surface area contributed by atoms with Gasteiger partial charge in [0.1, 0.15) is 0 Å². The number of furan rings is 1. The third kappa shape index (κ3) is 2.70. The van der Waals surface area contributed by atoms with Crippen LogP contribution in [0.25, 0.3) is 0 Å². The van der Waals surface area contributed by atoms with Crippen molar-refractivity contribution in [3.05, 3.63) is 82.3 Å². The van der Waals surface area contributed by atoms with Crippen LogP contribution in [-0.4, -0.2) is 17.7 Å². The van der Waals surface area contributed by atoms with Crippen LogP contribution in [0.1, 0.15) is 48.0 Å². The molecule has 3 aromatic rings. The predicted molar refractivity (Wildman–Crippen MR) is 105 cm³/mol. The Balaban J connectivity index is 1.67. The van der Waals surface area contributed by atoms with Gasteiger partial charge in [0.15, 0.2) is 5.76 Å². The van der Waals surface area contributed by atoms with E-state index in [0.29, 0.717) is 28.1 Å². The van der Waals surface area contributed by atoms with Gasteiger partial charge in [-0.25, -0.2) is 4.90 Å². The smallest absolute Gasteiger partial charge is 0.291 e. The first-order valence-electron chi connectivity index (χ1n) is 8.83. The lowest BCUT2D eigenvalue weighted by Crippen LogP contribution is -2.30. The fraction of sp³-hybridized carbons (Fsp3) is 0.136. The first-order chi connectivity index (χ1) is 13.4. The monoisotopic (exact) mass is 374 g/mol. The molecule has 1 aliphatic rings. The summed E-state index contributed by atoms with van der Waals surface area (Å²) in [4.78, 5) is 39.1. The molecule has 1 aromatic heterocycles. The highest BCUT2D eigenvalue weighted by Gasteiger charge is 2.37. The predicted octanol–water partition coefficient (Wildman–Crippen LogP) is 4.26. The van der Waals surface area contributed by atoms with Crippen molar-refractivity contribution in [2.75, 3.05) is 10.2 Å². The van der Waals surface area contributed by atoms with E-state index in [0.717, 1.165) is 11.1 Å². The van der Waals surface area contributed by atoms with Crippen LogP contribution in [-0.2, 0) is 0 Å². The van der Waals surface area contributed by atoms with E-state index in [1.165, 1.54) is 11.2 Å². The van der Waals surface area contributed by atoms with E-state index in [1.807, 2.05) is 6.92 Å². The summed E-state index contributed by atoms with van der Waals surface area (Å²) >= 11 is 0. The van der Waals surface area contributed by atoms with E-state index in [2.05, 4.69) is 5.32 Å². The Labute approximate surface area is 161 Å².